The lowest BCUT2D eigenvalue weighted by Crippen LogP contribution is -2.32. The van der Waals surface area contributed by atoms with Gasteiger partial charge < -0.3 is 9.88 Å². The zero-order chi connectivity index (χ0) is 17.4. The normalized spacial score (nSPS) is 16.9. The van der Waals surface area contributed by atoms with Crippen LogP contribution in [0.2, 0.25) is 0 Å². The standard InChI is InChI=1S/C17H20N4O3S/c22-17-15-9-14(5-4-12(15)6-7-18-17)25(23,24)19-10-13-11-21-8-2-1-3-16(21)20-13/h4-5,9,11,19H,1-3,6-8,10H2,(H,18,22). The van der Waals surface area contributed by atoms with E-state index in [-0.39, 0.29) is 17.3 Å². The monoisotopic (exact) mass is 360 g/mol. The van der Waals surface area contributed by atoms with Crippen LogP contribution in [-0.2, 0) is 36.0 Å². The first-order valence-electron chi connectivity index (χ1n) is 8.49. The largest absolute Gasteiger partial charge is 0.352 e. The fourth-order valence-corrected chi connectivity index (χ4v) is 4.39. The molecule has 1 aromatic heterocycles. The summed E-state index contributed by atoms with van der Waals surface area (Å²) in [4.78, 5) is 16.5. The van der Waals surface area contributed by atoms with Crippen LogP contribution in [0.25, 0.3) is 0 Å². The second-order valence-corrected chi connectivity index (χ2v) is 8.22. The van der Waals surface area contributed by atoms with Gasteiger partial charge in [-0.05, 0) is 37.0 Å². The van der Waals surface area contributed by atoms with Gasteiger partial charge in [-0.3, -0.25) is 4.79 Å². The van der Waals surface area contributed by atoms with Gasteiger partial charge in [-0.1, -0.05) is 6.07 Å². The molecule has 3 heterocycles. The first-order chi connectivity index (χ1) is 12.0. The number of carbonyl (C=O) groups excluding carboxylic acids is 1. The number of rotatable bonds is 4. The Bertz CT molecular complexity index is 910. The molecule has 0 unspecified atom stereocenters. The SMILES string of the molecule is O=C1NCCc2ccc(S(=O)(=O)NCc3cn4c(n3)CCCC4)cc21. The van der Waals surface area contributed by atoms with Crippen LogP contribution in [0.15, 0.2) is 29.3 Å². The smallest absolute Gasteiger partial charge is 0.251 e. The molecule has 2 aromatic rings. The second kappa shape index (κ2) is 6.27. The highest BCUT2D eigenvalue weighted by atomic mass is 32.2. The molecule has 1 aromatic carbocycles. The first-order valence-corrected chi connectivity index (χ1v) is 9.97. The summed E-state index contributed by atoms with van der Waals surface area (Å²) in [6, 6.07) is 4.72. The molecule has 0 radical (unpaired) electrons. The number of imidazole rings is 1. The van der Waals surface area contributed by atoms with Crippen molar-refractivity contribution in [1.82, 2.24) is 19.6 Å². The lowest BCUT2D eigenvalue weighted by Gasteiger charge is -2.17. The predicted octanol–water partition coefficient (Wildman–Crippen LogP) is 0.984. The second-order valence-electron chi connectivity index (χ2n) is 6.45. The van der Waals surface area contributed by atoms with E-state index in [2.05, 4.69) is 19.6 Å². The predicted molar refractivity (Wildman–Crippen MR) is 91.7 cm³/mol. The summed E-state index contributed by atoms with van der Waals surface area (Å²) >= 11 is 0. The Morgan fingerprint density at radius 2 is 2.12 bits per heavy atom. The quantitative estimate of drug-likeness (QED) is 0.850. The number of hydrogen-bond donors (Lipinski definition) is 2. The van der Waals surface area contributed by atoms with E-state index in [9.17, 15) is 13.2 Å². The van der Waals surface area contributed by atoms with Crippen molar-refractivity contribution in [3.8, 4) is 0 Å². The van der Waals surface area contributed by atoms with E-state index in [4.69, 9.17) is 0 Å². The number of fused-ring (bicyclic) bond motifs is 2. The number of aryl methyl sites for hydroxylation is 2. The van der Waals surface area contributed by atoms with Gasteiger partial charge in [0.2, 0.25) is 10.0 Å². The molecule has 7 nitrogen and oxygen atoms in total. The van der Waals surface area contributed by atoms with Gasteiger partial charge in [-0.15, -0.1) is 0 Å². The van der Waals surface area contributed by atoms with Crippen molar-refractivity contribution < 1.29 is 13.2 Å². The maximum atomic E-state index is 12.6. The molecule has 132 valence electrons. The molecule has 0 saturated heterocycles. The minimum atomic E-state index is -3.70. The number of amides is 1. The lowest BCUT2D eigenvalue weighted by molar-refractivity contribution is 0.0945. The van der Waals surface area contributed by atoms with Crippen LogP contribution in [0.3, 0.4) is 0 Å². The highest BCUT2D eigenvalue weighted by molar-refractivity contribution is 7.89. The van der Waals surface area contributed by atoms with Gasteiger partial charge in [0, 0.05) is 31.3 Å². The number of hydrogen-bond acceptors (Lipinski definition) is 4. The third-order valence-corrected chi connectivity index (χ3v) is 6.12. The minimum absolute atomic E-state index is 0.104. The Morgan fingerprint density at radius 1 is 1.24 bits per heavy atom. The fourth-order valence-electron chi connectivity index (χ4n) is 3.37. The number of nitrogens with zero attached hydrogens (tertiary/aromatic N) is 2. The highest BCUT2D eigenvalue weighted by Gasteiger charge is 2.22. The Balaban J connectivity index is 1.53. The summed E-state index contributed by atoms with van der Waals surface area (Å²) < 4.78 is 29.8. The molecular weight excluding hydrogens is 340 g/mol. The molecule has 0 spiro atoms. The first kappa shape index (κ1) is 16.3. The number of carbonyl (C=O) groups is 1. The zero-order valence-corrected chi connectivity index (χ0v) is 14.6. The van der Waals surface area contributed by atoms with Crippen LogP contribution in [0.5, 0.6) is 0 Å². The molecule has 2 aliphatic heterocycles. The van der Waals surface area contributed by atoms with Crippen LogP contribution in [0.1, 0.15) is 40.3 Å². The van der Waals surface area contributed by atoms with Crippen molar-refractivity contribution in [1.29, 1.82) is 0 Å². The minimum Gasteiger partial charge on any atom is -0.352 e. The van der Waals surface area contributed by atoms with Gasteiger partial charge in [0.1, 0.15) is 5.82 Å². The molecule has 0 bridgehead atoms. The van der Waals surface area contributed by atoms with Gasteiger partial charge in [-0.25, -0.2) is 18.1 Å². The topological polar surface area (TPSA) is 93.1 Å². The molecule has 2 N–H and O–H groups in total. The van der Waals surface area contributed by atoms with E-state index in [1.165, 1.54) is 6.07 Å². The molecule has 0 atom stereocenters. The van der Waals surface area contributed by atoms with E-state index in [0.29, 0.717) is 12.1 Å². The Morgan fingerprint density at radius 3 is 2.96 bits per heavy atom. The van der Waals surface area contributed by atoms with E-state index < -0.39 is 10.0 Å². The lowest BCUT2D eigenvalue weighted by atomic mass is 10.0. The molecule has 25 heavy (non-hydrogen) atoms. The molecule has 4 rings (SSSR count). The summed E-state index contributed by atoms with van der Waals surface area (Å²) in [5.41, 5.74) is 2.03. The van der Waals surface area contributed by atoms with Crippen LogP contribution < -0.4 is 10.0 Å². The average molecular weight is 360 g/mol. The summed E-state index contributed by atoms with van der Waals surface area (Å²) in [7, 11) is -3.70. The number of benzene rings is 1. The van der Waals surface area contributed by atoms with Crippen molar-refractivity contribution in [2.24, 2.45) is 0 Å². The molecular formula is C17H20N4O3S. The van der Waals surface area contributed by atoms with Crippen molar-refractivity contribution in [3.63, 3.8) is 0 Å². The van der Waals surface area contributed by atoms with Gasteiger partial charge in [0.05, 0.1) is 17.1 Å². The van der Waals surface area contributed by atoms with Crippen molar-refractivity contribution in [3.05, 3.63) is 47.0 Å². The molecule has 0 aliphatic carbocycles. The summed E-state index contributed by atoms with van der Waals surface area (Å²) in [6.45, 7) is 1.67. The van der Waals surface area contributed by atoms with E-state index in [1.807, 2.05) is 6.20 Å². The van der Waals surface area contributed by atoms with Crippen LogP contribution >= 0.6 is 0 Å². The zero-order valence-electron chi connectivity index (χ0n) is 13.8. The average Bonchev–Trinajstić information content (AvgIpc) is 3.03. The number of nitrogens with one attached hydrogen (secondary N) is 2. The van der Waals surface area contributed by atoms with Gasteiger partial charge in [-0.2, -0.15) is 0 Å². The van der Waals surface area contributed by atoms with Crippen molar-refractivity contribution >= 4 is 15.9 Å². The molecule has 8 heteroatoms. The highest BCUT2D eigenvalue weighted by Crippen LogP contribution is 2.20. The molecule has 0 saturated carbocycles. The van der Waals surface area contributed by atoms with E-state index in [1.54, 1.807) is 12.1 Å². The Kier molecular flexibility index (Phi) is 4.09. The van der Waals surface area contributed by atoms with Crippen LogP contribution in [-0.4, -0.2) is 30.4 Å². The third kappa shape index (κ3) is 3.19. The van der Waals surface area contributed by atoms with Crippen LogP contribution in [0, 0.1) is 0 Å². The van der Waals surface area contributed by atoms with E-state index in [0.717, 1.165) is 49.3 Å². The number of aromatic nitrogens is 2. The third-order valence-electron chi connectivity index (χ3n) is 4.72. The summed E-state index contributed by atoms with van der Waals surface area (Å²) in [5, 5.41) is 2.74. The van der Waals surface area contributed by atoms with Gasteiger partial charge in [0.15, 0.2) is 0 Å². The maximum absolute atomic E-state index is 12.6. The van der Waals surface area contributed by atoms with Crippen molar-refractivity contribution in [2.75, 3.05) is 6.54 Å². The molecule has 1 amide bonds. The molecule has 0 fully saturated rings. The summed E-state index contributed by atoms with van der Waals surface area (Å²) in [6.07, 6.45) is 5.82. The van der Waals surface area contributed by atoms with Crippen LogP contribution in [0.4, 0.5) is 0 Å². The Labute approximate surface area is 146 Å². The fraction of sp³-hybridized carbons (Fsp3) is 0.412. The van der Waals surface area contributed by atoms with E-state index >= 15 is 0 Å². The maximum Gasteiger partial charge on any atom is 0.251 e. The van der Waals surface area contributed by atoms with Gasteiger partial charge in [0.25, 0.3) is 5.91 Å². The number of sulfonamides is 1. The molecule has 2 aliphatic rings. The summed E-state index contributed by atoms with van der Waals surface area (Å²) in [5.74, 6) is 0.797. The van der Waals surface area contributed by atoms with Crippen molar-refractivity contribution in [2.45, 2.75) is 43.7 Å². The Hall–Kier alpha value is -2.19. The van der Waals surface area contributed by atoms with Gasteiger partial charge >= 0.3 is 0 Å².